The monoisotopic (exact) mass is 208 g/mol. The van der Waals surface area contributed by atoms with Gasteiger partial charge >= 0.3 is 7.69 Å². The maximum Gasteiger partial charge on any atom is 0.432 e. The second kappa shape index (κ2) is 5.73. The van der Waals surface area contributed by atoms with Crippen LogP contribution in [-0.4, -0.2) is 43.5 Å². The summed E-state index contributed by atoms with van der Waals surface area (Å²) in [6.07, 6.45) is 6.23. The molecule has 0 fully saturated rings. The molecule has 0 aromatic carbocycles. The van der Waals surface area contributed by atoms with Gasteiger partial charge in [-0.1, -0.05) is 0 Å². The number of rotatable bonds is 2. The molecule has 0 saturated heterocycles. The summed E-state index contributed by atoms with van der Waals surface area (Å²) in [6, 6.07) is 0. The summed E-state index contributed by atoms with van der Waals surface area (Å²) in [5, 5.41) is 14.2. The molecule has 15 heavy (non-hydrogen) atoms. The van der Waals surface area contributed by atoms with E-state index in [2.05, 4.69) is 19.9 Å². The van der Waals surface area contributed by atoms with Gasteiger partial charge < -0.3 is 20.0 Å². The van der Waals surface area contributed by atoms with Crippen molar-refractivity contribution in [2.45, 2.75) is 0 Å². The smallest absolute Gasteiger partial charge is 0.430 e. The number of ketones is 1. The lowest BCUT2D eigenvalue weighted by molar-refractivity contribution is 0.102. The van der Waals surface area contributed by atoms with Crippen molar-refractivity contribution in [3.63, 3.8) is 0 Å². The van der Waals surface area contributed by atoms with Gasteiger partial charge in [0.15, 0.2) is 11.6 Å². The maximum atomic E-state index is 11.4. The first kappa shape index (κ1) is 11.2. The second-order valence-corrected chi connectivity index (χ2v) is 2.35. The van der Waals surface area contributed by atoms with Crippen LogP contribution < -0.4 is 0 Å². The lowest BCUT2D eigenvalue weighted by atomic mass is 10.3. The van der Waals surface area contributed by atoms with Crippen LogP contribution in [0.1, 0.15) is 16.4 Å². The van der Waals surface area contributed by atoms with Gasteiger partial charge in [-0.2, -0.15) is 0 Å². The zero-order valence-electron chi connectivity index (χ0n) is 7.71. The average Bonchev–Trinajstić information content (AvgIpc) is 2.92. The first-order chi connectivity index (χ1) is 7.29. The number of aromatic amines is 2. The van der Waals surface area contributed by atoms with E-state index < -0.39 is 7.69 Å². The van der Waals surface area contributed by atoms with Crippen molar-refractivity contribution >= 4 is 13.5 Å². The Hall–Kier alpha value is -1.93. The minimum atomic E-state index is -0.750. The van der Waals surface area contributed by atoms with E-state index >= 15 is 0 Å². The zero-order chi connectivity index (χ0) is 11.1. The fraction of sp³-hybridized carbons (Fsp3) is 0. The summed E-state index contributed by atoms with van der Waals surface area (Å²) in [4.78, 5) is 24.4. The first-order valence-corrected chi connectivity index (χ1v) is 4.04. The molecule has 0 aliphatic rings. The number of carbonyl (C=O) groups excluding carboxylic acids is 1. The highest BCUT2D eigenvalue weighted by atomic mass is 16.4. The lowest BCUT2D eigenvalue weighted by Crippen LogP contribution is -2.05. The molecule has 0 atom stereocenters. The topological polar surface area (TPSA) is 115 Å². The number of nitrogens with one attached hydrogen (secondary N) is 2. The van der Waals surface area contributed by atoms with Crippen molar-refractivity contribution in [2.75, 3.05) is 0 Å². The number of hydrogen-bond acceptors (Lipinski definition) is 5. The van der Waals surface area contributed by atoms with Crippen LogP contribution in [0, 0.1) is 0 Å². The van der Waals surface area contributed by atoms with E-state index in [0.29, 0.717) is 11.6 Å². The second-order valence-electron chi connectivity index (χ2n) is 2.35. The molecule has 2 heterocycles. The zero-order valence-corrected chi connectivity index (χ0v) is 7.71. The van der Waals surface area contributed by atoms with Gasteiger partial charge in [0.2, 0.25) is 0 Å². The van der Waals surface area contributed by atoms with Crippen LogP contribution in [0.4, 0.5) is 0 Å². The van der Waals surface area contributed by atoms with Crippen LogP contribution in [0.3, 0.4) is 0 Å². The standard InChI is InChI=1S/C7H6N4O.BH3O2/c12-5(6-8-1-2-9-6)7-10-3-4-11-7;2-1-3/h1-4H,(H,8,9)(H,10,11);1-3H. The van der Waals surface area contributed by atoms with Gasteiger partial charge in [0.1, 0.15) is 0 Å². The van der Waals surface area contributed by atoms with Crippen LogP contribution in [0.5, 0.6) is 0 Å². The minimum Gasteiger partial charge on any atom is -0.430 e. The molecule has 2 rings (SSSR count). The molecule has 2 aromatic rings. The lowest BCUT2D eigenvalue weighted by Gasteiger charge is -1.89. The highest BCUT2D eigenvalue weighted by molar-refractivity contribution is 6.13. The van der Waals surface area contributed by atoms with Crippen molar-refractivity contribution in [2.24, 2.45) is 0 Å². The third-order valence-corrected chi connectivity index (χ3v) is 1.43. The summed E-state index contributed by atoms with van der Waals surface area (Å²) in [5.74, 6) is 0.361. The number of hydrogen-bond donors (Lipinski definition) is 4. The Kier molecular flexibility index (Phi) is 4.26. The molecule has 0 radical (unpaired) electrons. The van der Waals surface area contributed by atoms with E-state index in [1.807, 2.05) is 0 Å². The van der Waals surface area contributed by atoms with Crippen molar-refractivity contribution in [3.8, 4) is 0 Å². The van der Waals surface area contributed by atoms with Crippen LogP contribution in [0.25, 0.3) is 0 Å². The predicted molar refractivity (Wildman–Crippen MR) is 52.2 cm³/mol. The van der Waals surface area contributed by atoms with Crippen LogP contribution in [0.15, 0.2) is 24.8 Å². The van der Waals surface area contributed by atoms with Crippen molar-refractivity contribution in [3.05, 3.63) is 36.4 Å². The predicted octanol–water partition coefficient (Wildman–Crippen LogP) is -1.40. The number of aromatic nitrogens is 4. The van der Waals surface area contributed by atoms with Gasteiger partial charge in [-0.15, -0.1) is 0 Å². The van der Waals surface area contributed by atoms with Crippen molar-refractivity contribution in [1.82, 2.24) is 19.9 Å². The van der Waals surface area contributed by atoms with Gasteiger partial charge in [0, 0.05) is 24.8 Å². The van der Waals surface area contributed by atoms with E-state index in [9.17, 15) is 4.79 Å². The van der Waals surface area contributed by atoms with Gasteiger partial charge in [-0.3, -0.25) is 4.79 Å². The summed E-state index contributed by atoms with van der Waals surface area (Å²) in [5.41, 5.74) is 0. The Bertz CT molecular complexity index is 350. The molecule has 0 aliphatic carbocycles. The van der Waals surface area contributed by atoms with E-state index in [1.54, 1.807) is 12.4 Å². The molecular formula is C7H9BN4O3. The molecule has 0 bridgehead atoms. The normalized spacial score (nSPS) is 8.93. The van der Waals surface area contributed by atoms with Crippen molar-refractivity contribution in [1.29, 1.82) is 0 Å². The van der Waals surface area contributed by atoms with Gasteiger partial charge in [0.25, 0.3) is 5.78 Å². The third kappa shape index (κ3) is 3.04. The first-order valence-electron chi connectivity index (χ1n) is 4.04. The molecule has 0 aliphatic heterocycles. The largest absolute Gasteiger partial charge is 0.432 e. The number of nitrogens with zero attached hydrogens (tertiary/aromatic N) is 2. The fourth-order valence-electron chi connectivity index (χ4n) is 0.891. The molecule has 0 saturated carbocycles. The SMILES string of the molecule is O=C(c1ncc[nH]1)c1ncc[nH]1.OBO. The van der Waals surface area contributed by atoms with Gasteiger partial charge in [-0.05, 0) is 0 Å². The Labute approximate surface area is 85.5 Å². The quantitative estimate of drug-likeness (QED) is 0.358. The third-order valence-electron chi connectivity index (χ3n) is 1.43. The molecule has 4 N–H and O–H groups in total. The number of carbonyl (C=O) groups is 1. The Balaban J connectivity index is 0.000000337. The van der Waals surface area contributed by atoms with E-state index in [0.717, 1.165) is 0 Å². The summed E-state index contributed by atoms with van der Waals surface area (Å²) in [6.45, 7) is 0. The molecule has 0 spiro atoms. The molecule has 2 aromatic heterocycles. The minimum absolute atomic E-state index is 0.231. The van der Waals surface area contributed by atoms with Crippen LogP contribution >= 0.6 is 0 Å². The van der Waals surface area contributed by atoms with E-state index in [1.165, 1.54) is 12.4 Å². The highest BCUT2D eigenvalue weighted by Gasteiger charge is 2.12. The maximum absolute atomic E-state index is 11.4. The van der Waals surface area contributed by atoms with Gasteiger partial charge in [0.05, 0.1) is 0 Å². The molecule has 78 valence electrons. The van der Waals surface area contributed by atoms with Crippen molar-refractivity contribution < 1.29 is 14.8 Å². The van der Waals surface area contributed by atoms with E-state index in [-0.39, 0.29) is 5.78 Å². The summed E-state index contributed by atoms with van der Waals surface area (Å²) >= 11 is 0. The van der Waals surface area contributed by atoms with Crippen LogP contribution in [-0.2, 0) is 0 Å². The van der Waals surface area contributed by atoms with E-state index in [4.69, 9.17) is 10.0 Å². The molecule has 7 nitrogen and oxygen atoms in total. The Morgan fingerprint density at radius 3 is 1.80 bits per heavy atom. The molecule has 0 amide bonds. The Morgan fingerprint density at radius 2 is 1.53 bits per heavy atom. The fourth-order valence-corrected chi connectivity index (χ4v) is 0.891. The number of H-pyrrole nitrogens is 2. The summed E-state index contributed by atoms with van der Waals surface area (Å²) in [7, 11) is -0.750. The highest BCUT2D eigenvalue weighted by Crippen LogP contribution is 1.98. The van der Waals surface area contributed by atoms with Crippen LogP contribution in [0.2, 0.25) is 0 Å². The molecule has 0 unspecified atom stereocenters. The molecular weight excluding hydrogens is 199 g/mol. The Morgan fingerprint density at radius 1 is 1.13 bits per heavy atom. The average molecular weight is 208 g/mol. The molecule has 8 heteroatoms. The number of imidazole rings is 2. The summed E-state index contributed by atoms with van der Waals surface area (Å²) < 4.78 is 0. The van der Waals surface area contributed by atoms with Gasteiger partial charge in [-0.25, -0.2) is 9.97 Å².